The highest BCUT2D eigenvalue weighted by molar-refractivity contribution is 7.89. The number of hydrogen-bond donors (Lipinski definition) is 2. The van der Waals surface area contributed by atoms with Crippen LogP contribution in [-0.2, 0) is 10.0 Å². The summed E-state index contributed by atoms with van der Waals surface area (Å²) in [6.45, 7) is 3.12. The van der Waals surface area contributed by atoms with Gasteiger partial charge in [0.25, 0.3) is 0 Å². The van der Waals surface area contributed by atoms with Gasteiger partial charge in [-0.15, -0.1) is 0 Å². The topological polar surface area (TPSA) is 82.5 Å². The van der Waals surface area contributed by atoms with E-state index in [4.69, 9.17) is 0 Å². The summed E-state index contributed by atoms with van der Waals surface area (Å²) >= 11 is 0. The predicted octanol–water partition coefficient (Wildman–Crippen LogP) is 1.29. The summed E-state index contributed by atoms with van der Waals surface area (Å²) in [7, 11) is -1.98. The summed E-state index contributed by atoms with van der Waals surface area (Å²) in [5.41, 5.74) is 0. The van der Waals surface area contributed by atoms with Gasteiger partial charge in [0.2, 0.25) is 10.0 Å². The number of hydrogen-bond acceptors (Lipinski definition) is 5. The van der Waals surface area contributed by atoms with Crippen LogP contribution in [0.3, 0.4) is 0 Å². The zero-order valence-corrected chi connectivity index (χ0v) is 13.3. The zero-order valence-electron chi connectivity index (χ0n) is 12.5. The second-order valence-corrected chi connectivity index (χ2v) is 7.57. The van der Waals surface area contributed by atoms with Gasteiger partial charge >= 0.3 is 0 Å². The van der Waals surface area contributed by atoms with Crippen molar-refractivity contribution < 1.29 is 13.5 Å². The SMILES string of the molecule is CCCNc1ncccc1S(=O)(=O)N(C)CC1CC(O)C1. The summed E-state index contributed by atoms with van der Waals surface area (Å²) in [6.07, 6.45) is 3.55. The molecule has 1 aliphatic carbocycles. The lowest BCUT2D eigenvalue weighted by Gasteiger charge is -2.34. The largest absolute Gasteiger partial charge is 0.393 e. The molecule has 1 aliphatic rings. The molecular formula is C14H23N3O3S. The van der Waals surface area contributed by atoms with Gasteiger partial charge in [0.15, 0.2) is 0 Å². The third-order valence-electron chi connectivity index (χ3n) is 3.73. The highest BCUT2D eigenvalue weighted by Crippen LogP contribution is 2.30. The fraction of sp³-hybridized carbons (Fsp3) is 0.643. The smallest absolute Gasteiger partial charge is 0.246 e. The Morgan fingerprint density at radius 2 is 2.19 bits per heavy atom. The van der Waals surface area contributed by atoms with Gasteiger partial charge in [0.1, 0.15) is 10.7 Å². The summed E-state index contributed by atoms with van der Waals surface area (Å²) < 4.78 is 26.7. The molecule has 7 heteroatoms. The first-order valence-electron chi connectivity index (χ1n) is 7.28. The van der Waals surface area contributed by atoms with Crippen LogP contribution in [0.15, 0.2) is 23.2 Å². The Morgan fingerprint density at radius 1 is 1.48 bits per heavy atom. The maximum Gasteiger partial charge on any atom is 0.246 e. The Morgan fingerprint density at radius 3 is 2.81 bits per heavy atom. The molecule has 1 fully saturated rings. The van der Waals surface area contributed by atoms with Crippen LogP contribution in [-0.4, -0.2) is 49.1 Å². The molecule has 1 aromatic heterocycles. The van der Waals surface area contributed by atoms with E-state index >= 15 is 0 Å². The number of rotatable bonds is 7. The molecule has 0 atom stereocenters. The molecule has 0 radical (unpaired) electrons. The normalized spacial score (nSPS) is 22.1. The van der Waals surface area contributed by atoms with E-state index in [1.54, 1.807) is 25.4 Å². The van der Waals surface area contributed by atoms with Crippen LogP contribution in [0.25, 0.3) is 0 Å². The van der Waals surface area contributed by atoms with E-state index in [1.807, 2.05) is 6.92 Å². The van der Waals surface area contributed by atoms with Gasteiger partial charge in [-0.3, -0.25) is 0 Å². The predicted molar refractivity (Wildman–Crippen MR) is 81.6 cm³/mol. The van der Waals surface area contributed by atoms with Crippen LogP contribution in [0.1, 0.15) is 26.2 Å². The number of sulfonamides is 1. The van der Waals surface area contributed by atoms with E-state index in [1.165, 1.54) is 4.31 Å². The average molecular weight is 313 g/mol. The van der Waals surface area contributed by atoms with Crippen LogP contribution in [0.5, 0.6) is 0 Å². The number of pyridine rings is 1. The van der Waals surface area contributed by atoms with Gasteiger partial charge in [-0.05, 0) is 37.3 Å². The number of aromatic nitrogens is 1. The molecule has 0 saturated heterocycles. The van der Waals surface area contributed by atoms with Crippen molar-refractivity contribution in [1.82, 2.24) is 9.29 Å². The molecule has 1 aromatic rings. The molecule has 2 N–H and O–H groups in total. The van der Waals surface area contributed by atoms with E-state index < -0.39 is 10.0 Å². The Hall–Kier alpha value is -1.18. The summed E-state index contributed by atoms with van der Waals surface area (Å²) in [4.78, 5) is 4.34. The van der Waals surface area contributed by atoms with Crippen molar-refractivity contribution in [3.8, 4) is 0 Å². The number of anilines is 1. The highest BCUT2D eigenvalue weighted by Gasteiger charge is 2.32. The number of nitrogens with one attached hydrogen (secondary N) is 1. The van der Waals surface area contributed by atoms with Gasteiger partial charge < -0.3 is 10.4 Å². The van der Waals surface area contributed by atoms with Crippen molar-refractivity contribution >= 4 is 15.8 Å². The molecular weight excluding hydrogens is 290 g/mol. The van der Waals surface area contributed by atoms with Crippen molar-refractivity contribution in [2.45, 2.75) is 37.2 Å². The summed E-state index contributed by atoms with van der Waals surface area (Å²) in [5, 5.41) is 12.4. The third-order valence-corrected chi connectivity index (χ3v) is 5.58. The molecule has 118 valence electrons. The standard InChI is InChI=1S/C14H23N3O3S/c1-3-6-15-14-13(5-4-7-16-14)21(19,20)17(2)10-11-8-12(18)9-11/h4-5,7,11-12,18H,3,6,8-10H2,1-2H3,(H,15,16). The number of nitrogens with zero attached hydrogens (tertiary/aromatic N) is 2. The third kappa shape index (κ3) is 3.72. The van der Waals surface area contributed by atoms with Crippen molar-refractivity contribution in [2.24, 2.45) is 5.92 Å². The van der Waals surface area contributed by atoms with Crippen LogP contribution >= 0.6 is 0 Å². The Bertz CT molecular complexity index is 571. The second-order valence-electron chi connectivity index (χ2n) is 5.55. The lowest BCUT2D eigenvalue weighted by atomic mass is 9.82. The average Bonchev–Trinajstić information content (AvgIpc) is 2.43. The number of aliphatic hydroxyl groups is 1. The lowest BCUT2D eigenvalue weighted by molar-refractivity contribution is 0.0367. The summed E-state index contributed by atoms with van der Waals surface area (Å²) in [6, 6.07) is 3.21. The molecule has 1 saturated carbocycles. The monoisotopic (exact) mass is 313 g/mol. The zero-order chi connectivity index (χ0) is 15.5. The molecule has 0 unspecified atom stereocenters. The Balaban J connectivity index is 2.14. The van der Waals surface area contributed by atoms with Gasteiger partial charge in [-0.1, -0.05) is 6.92 Å². The van der Waals surface area contributed by atoms with Crippen LogP contribution in [0.4, 0.5) is 5.82 Å². The molecule has 1 heterocycles. The minimum Gasteiger partial charge on any atom is -0.393 e. The van der Waals surface area contributed by atoms with Crippen LogP contribution < -0.4 is 5.32 Å². The summed E-state index contributed by atoms with van der Waals surface area (Å²) in [5.74, 6) is 0.642. The van der Waals surface area contributed by atoms with Crippen LogP contribution in [0, 0.1) is 5.92 Å². The molecule has 6 nitrogen and oxygen atoms in total. The van der Waals surface area contributed by atoms with Crippen molar-refractivity contribution in [1.29, 1.82) is 0 Å². The fourth-order valence-electron chi connectivity index (χ4n) is 2.45. The van der Waals surface area contributed by atoms with E-state index in [0.29, 0.717) is 31.7 Å². The quantitative estimate of drug-likeness (QED) is 0.793. The molecule has 0 amide bonds. The van der Waals surface area contributed by atoms with Gasteiger partial charge in [-0.2, -0.15) is 0 Å². The van der Waals surface area contributed by atoms with Gasteiger partial charge in [-0.25, -0.2) is 17.7 Å². The van der Waals surface area contributed by atoms with E-state index in [2.05, 4.69) is 10.3 Å². The Kier molecular flexibility index (Phi) is 5.18. The lowest BCUT2D eigenvalue weighted by Crippen LogP contribution is -2.39. The molecule has 0 aliphatic heterocycles. The minimum absolute atomic E-state index is 0.209. The van der Waals surface area contributed by atoms with Gasteiger partial charge in [0, 0.05) is 26.3 Å². The Labute approximate surface area is 126 Å². The van der Waals surface area contributed by atoms with Gasteiger partial charge in [0.05, 0.1) is 6.10 Å². The highest BCUT2D eigenvalue weighted by atomic mass is 32.2. The van der Waals surface area contributed by atoms with E-state index in [9.17, 15) is 13.5 Å². The van der Waals surface area contributed by atoms with Crippen molar-refractivity contribution in [3.05, 3.63) is 18.3 Å². The van der Waals surface area contributed by atoms with E-state index in [-0.39, 0.29) is 16.9 Å². The maximum absolute atomic E-state index is 12.7. The molecule has 21 heavy (non-hydrogen) atoms. The molecule has 2 rings (SSSR count). The minimum atomic E-state index is -3.56. The first-order chi connectivity index (χ1) is 9.95. The van der Waals surface area contributed by atoms with Crippen molar-refractivity contribution in [2.75, 3.05) is 25.5 Å². The fourth-order valence-corrected chi connectivity index (χ4v) is 3.82. The van der Waals surface area contributed by atoms with E-state index in [0.717, 1.165) is 6.42 Å². The first-order valence-corrected chi connectivity index (χ1v) is 8.72. The first kappa shape index (κ1) is 16.2. The molecule has 0 spiro atoms. The van der Waals surface area contributed by atoms with Crippen LogP contribution in [0.2, 0.25) is 0 Å². The number of aliphatic hydroxyl groups excluding tert-OH is 1. The maximum atomic E-state index is 12.7. The second kappa shape index (κ2) is 6.72. The molecule has 0 bridgehead atoms. The van der Waals surface area contributed by atoms with Crippen molar-refractivity contribution in [3.63, 3.8) is 0 Å². The molecule has 0 aromatic carbocycles.